The van der Waals surface area contributed by atoms with Crippen LogP contribution in [0.3, 0.4) is 0 Å². The molecule has 3 aliphatic rings. The molecule has 2 fully saturated rings. The van der Waals surface area contributed by atoms with E-state index in [0.29, 0.717) is 32.1 Å². The summed E-state index contributed by atoms with van der Waals surface area (Å²) in [7, 11) is 0. The molecule has 3 heterocycles. The summed E-state index contributed by atoms with van der Waals surface area (Å²) in [4.78, 5) is 37.6. The van der Waals surface area contributed by atoms with Gasteiger partial charge in [-0.3, -0.25) is 9.59 Å². The van der Waals surface area contributed by atoms with E-state index in [-0.39, 0.29) is 17.7 Å². The Kier molecular flexibility index (Phi) is 4.41. The molecule has 2 aromatic rings. The second-order valence-electron chi connectivity index (χ2n) is 8.27. The Hall–Kier alpha value is -2.63. The number of aromatic nitrogens is 2. The van der Waals surface area contributed by atoms with E-state index in [1.807, 2.05) is 40.1 Å². The van der Waals surface area contributed by atoms with Crippen LogP contribution in [0.2, 0.25) is 0 Å². The molecule has 0 spiro atoms. The van der Waals surface area contributed by atoms with Crippen LogP contribution in [0.4, 0.5) is 0 Å². The van der Waals surface area contributed by atoms with Crippen molar-refractivity contribution in [1.82, 2.24) is 19.8 Å². The van der Waals surface area contributed by atoms with Gasteiger partial charge in [-0.25, -0.2) is 4.98 Å². The number of carbonyl (C=O) groups excluding carboxylic acids is 2. The third-order valence-electron chi connectivity index (χ3n) is 6.46. The van der Waals surface area contributed by atoms with Gasteiger partial charge in [-0.1, -0.05) is 43.2 Å². The van der Waals surface area contributed by atoms with Crippen LogP contribution in [0.15, 0.2) is 30.3 Å². The molecule has 1 unspecified atom stereocenters. The lowest BCUT2D eigenvalue weighted by molar-refractivity contribution is -0.136. The number of hydrogen-bond acceptors (Lipinski definition) is 3. The molecule has 146 valence electrons. The highest BCUT2D eigenvalue weighted by molar-refractivity contribution is 5.89. The number of nitrogens with zero attached hydrogens (tertiary/aromatic N) is 3. The van der Waals surface area contributed by atoms with Crippen molar-refractivity contribution in [3.8, 4) is 11.4 Å². The Balaban J connectivity index is 1.28. The van der Waals surface area contributed by atoms with E-state index in [1.165, 1.54) is 12.8 Å². The first kappa shape index (κ1) is 17.5. The minimum absolute atomic E-state index is 0.121. The maximum absolute atomic E-state index is 13.1. The van der Waals surface area contributed by atoms with E-state index in [0.717, 1.165) is 42.0 Å². The molecule has 1 aliphatic carbocycles. The molecule has 2 aliphatic heterocycles. The Morgan fingerprint density at radius 2 is 1.93 bits per heavy atom. The molecule has 1 saturated carbocycles. The normalized spacial score (nSPS) is 22.7. The lowest BCUT2D eigenvalue weighted by Gasteiger charge is -2.29. The second kappa shape index (κ2) is 7.08. The van der Waals surface area contributed by atoms with Crippen molar-refractivity contribution in [1.29, 1.82) is 0 Å². The van der Waals surface area contributed by atoms with Gasteiger partial charge in [0.1, 0.15) is 5.82 Å². The molecule has 6 nitrogen and oxygen atoms in total. The number of fused-ring (bicyclic) bond motifs is 1. The zero-order valence-corrected chi connectivity index (χ0v) is 16.1. The second-order valence-corrected chi connectivity index (χ2v) is 8.27. The molecule has 2 amide bonds. The van der Waals surface area contributed by atoms with Gasteiger partial charge in [0, 0.05) is 37.5 Å². The molecule has 0 radical (unpaired) electrons. The van der Waals surface area contributed by atoms with Gasteiger partial charge in [-0.05, 0) is 12.8 Å². The predicted molar refractivity (Wildman–Crippen MR) is 105 cm³/mol. The van der Waals surface area contributed by atoms with Gasteiger partial charge in [0.15, 0.2) is 0 Å². The molecule has 1 aromatic heterocycles. The van der Waals surface area contributed by atoms with E-state index >= 15 is 0 Å². The summed E-state index contributed by atoms with van der Waals surface area (Å²) >= 11 is 0. The van der Waals surface area contributed by atoms with Gasteiger partial charge in [-0.2, -0.15) is 0 Å². The van der Waals surface area contributed by atoms with Gasteiger partial charge < -0.3 is 14.8 Å². The summed E-state index contributed by atoms with van der Waals surface area (Å²) in [6.07, 6.45) is 5.72. The first-order valence-electron chi connectivity index (χ1n) is 10.4. The van der Waals surface area contributed by atoms with Crippen molar-refractivity contribution in [3.05, 3.63) is 41.7 Å². The topological polar surface area (TPSA) is 69.3 Å². The maximum Gasteiger partial charge on any atom is 0.228 e. The molecule has 1 atom stereocenters. The Morgan fingerprint density at radius 3 is 2.71 bits per heavy atom. The molecule has 0 bridgehead atoms. The summed E-state index contributed by atoms with van der Waals surface area (Å²) in [6, 6.07) is 10.4. The lowest BCUT2D eigenvalue weighted by Crippen LogP contribution is -2.41. The average molecular weight is 378 g/mol. The third kappa shape index (κ3) is 3.11. The largest absolute Gasteiger partial charge is 0.340 e. The minimum Gasteiger partial charge on any atom is -0.340 e. The fourth-order valence-electron chi connectivity index (χ4n) is 4.94. The number of aromatic amines is 1. The molecular formula is C22H26N4O2. The van der Waals surface area contributed by atoms with Crippen molar-refractivity contribution in [2.75, 3.05) is 13.1 Å². The van der Waals surface area contributed by atoms with Crippen molar-refractivity contribution in [3.63, 3.8) is 0 Å². The van der Waals surface area contributed by atoms with Crippen molar-refractivity contribution < 1.29 is 9.59 Å². The standard InChI is InChI=1S/C22H26N4O2/c27-20-12-16(13-26(20)17-8-4-5-9-17)22(28)25-11-10-18-19(14-25)24-21(23-18)15-6-2-1-3-7-15/h1-3,6-7,16-17H,4-5,8-14H2,(H,23,24). The number of carbonyl (C=O) groups is 2. The van der Waals surface area contributed by atoms with Crippen LogP contribution < -0.4 is 0 Å². The van der Waals surface area contributed by atoms with E-state index < -0.39 is 0 Å². The molecule has 6 heteroatoms. The summed E-state index contributed by atoms with van der Waals surface area (Å²) in [5.74, 6) is 0.959. The first-order valence-corrected chi connectivity index (χ1v) is 10.4. The van der Waals surface area contributed by atoms with Gasteiger partial charge in [0.05, 0.1) is 23.9 Å². The molecule has 5 rings (SSSR count). The zero-order valence-electron chi connectivity index (χ0n) is 16.1. The van der Waals surface area contributed by atoms with Crippen LogP contribution in [-0.4, -0.2) is 50.7 Å². The van der Waals surface area contributed by atoms with Gasteiger partial charge >= 0.3 is 0 Å². The van der Waals surface area contributed by atoms with Crippen LogP contribution in [0.5, 0.6) is 0 Å². The number of amides is 2. The summed E-state index contributed by atoms with van der Waals surface area (Å²) in [6.45, 7) is 1.84. The summed E-state index contributed by atoms with van der Waals surface area (Å²) < 4.78 is 0. The number of likely N-dealkylation sites (tertiary alicyclic amines) is 1. The highest BCUT2D eigenvalue weighted by Gasteiger charge is 2.40. The summed E-state index contributed by atoms with van der Waals surface area (Å²) in [5, 5.41) is 0. The Morgan fingerprint density at radius 1 is 1.14 bits per heavy atom. The lowest BCUT2D eigenvalue weighted by atomic mass is 10.0. The van der Waals surface area contributed by atoms with Crippen LogP contribution in [0.1, 0.15) is 43.5 Å². The number of nitrogens with one attached hydrogen (secondary N) is 1. The number of H-pyrrole nitrogens is 1. The maximum atomic E-state index is 13.1. The first-order chi connectivity index (χ1) is 13.7. The predicted octanol–water partition coefficient (Wildman–Crippen LogP) is 2.75. The van der Waals surface area contributed by atoms with E-state index in [4.69, 9.17) is 4.98 Å². The molecule has 1 aromatic carbocycles. The van der Waals surface area contributed by atoms with Crippen molar-refractivity contribution in [2.45, 2.75) is 51.1 Å². The summed E-state index contributed by atoms with van der Waals surface area (Å²) in [5.41, 5.74) is 3.14. The molecule has 1 saturated heterocycles. The van der Waals surface area contributed by atoms with Crippen LogP contribution in [-0.2, 0) is 22.6 Å². The molecule has 1 N–H and O–H groups in total. The van der Waals surface area contributed by atoms with E-state index in [1.54, 1.807) is 0 Å². The van der Waals surface area contributed by atoms with E-state index in [9.17, 15) is 9.59 Å². The highest BCUT2D eigenvalue weighted by Crippen LogP contribution is 2.31. The zero-order chi connectivity index (χ0) is 19.1. The average Bonchev–Trinajstić information content (AvgIpc) is 3.46. The van der Waals surface area contributed by atoms with Gasteiger partial charge in [0.2, 0.25) is 11.8 Å². The molecular weight excluding hydrogens is 352 g/mol. The minimum atomic E-state index is -0.189. The van der Waals surface area contributed by atoms with Crippen LogP contribution >= 0.6 is 0 Å². The van der Waals surface area contributed by atoms with E-state index in [2.05, 4.69) is 4.98 Å². The van der Waals surface area contributed by atoms with Crippen LogP contribution in [0.25, 0.3) is 11.4 Å². The Bertz CT molecular complexity index is 885. The van der Waals surface area contributed by atoms with Crippen LogP contribution in [0, 0.1) is 5.92 Å². The number of rotatable bonds is 3. The smallest absolute Gasteiger partial charge is 0.228 e. The Labute approximate surface area is 164 Å². The van der Waals surface area contributed by atoms with Gasteiger partial charge in [0.25, 0.3) is 0 Å². The third-order valence-corrected chi connectivity index (χ3v) is 6.46. The van der Waals surface area contributed by atoms with Crippen molar-refractivity contribution in [2.24, 2.45) is 5.92 Å². The fourth-order valence-corrected chi connectivity index (χ4v) is 4.94. The number of imidazole rings is 1. The SMILES string of the molecule is O=C(C1CC(=O)N(C2CCCC2)C1)N1CCc2nc(-c3ccccc3)[nH]c2C1. The quantitative estimate of drug-likeness (QED) is 0.893. The fraction of sp³-hybridized carbons (Fsp3) is 0.500. The highest BCUT2D eigenvalue weighted by atomic mass is 16.2. The van der Waals surface area contributed by atoms with Gasteiger partial charge in [-0.15, -0.1) is 0 Å². The number of benzene rings is 1. The van der Waals surface area contributed by atoms with Crippen molar-refractivity contribution >= 4 is 11.8 Å². The monoisotopic (exact) mass is 378 g/mol. The number of hydrogen-bond donors (Lipinski definition) is 1. The molecule has 28 heavy (non-hydrogen) atoms.